The number of hydrogen-bond donors (Lipinski definition) is 1. The van der Waals surface area contributed by atoms with Crippen LogP contribution in [0.2, 0.25) is 0 Å². The van der Waals surface area contributed by atoms with Crippen LogP contribution in [0.15, 0.2) is 91.0 Å². The topological polar surface area (TPSA) is 20.2 Å². The second-order valence-corrected chi connectivity index (χ2v) is 6.77. The van der Waals surface area contributed by atoms with Crippen molar-refractivity contribution in [2.24, 2.45) is 0 Å². The summed E-state index contributed by atoms with van der Waals surface area (Å²) >= 11 is 0. The van der Waals surface area contributed by atoms with E-state index in [0.717, 1.165) is 17.4 Å². The van der Waals surface area contributed by atoms with E-state index in [9.17, 15) is 5.11 Å². The molecule has 0 amide bonds. The second-order valence-electron chi connectivity index (χ2n) is 6.77. The van der Waals surface area contributed by atoms with E-state index < -0.39 is 0 Å². The molecular weight excluding hydrogens is 316 g/mol. The molecule has 26 heavy (non-hydrogen) atoms. The van der Waals surface area contributed by atoms with Gasteiger partial charge in [-0.25, -0.2) is 0 Å². The molecule has 0 spiro atoms. The molecule has 0 aliphatic heterocycles. The molecule has 124 valence electrons. The van der Waals surface area contributed by atoms with Gasteiger partial charge in [0.15, 0.2) is 0 Å². The maximum atomic E-state index is 10.5. The lowest BCUT2D eigenvalue weighted by atomic mass is 9.92. The van der Waals surface area contributed by atoms with Gasteiger partial charge < -0.3 is 5.11 Å². The number of benzene rings is 5. The Hall–Kier alpha value is -3.32. The molecule has 0 aliphatic rings. The molecule has 0 bridgehead atoms. The fourth-order valence-corrected chi connectivity index (χ4v) is 3.94. The van der Waals surface area contributed by atoms with E-state index in [1.165, 1.54) is 32.5 Å². The summed E-state index contributed by atoms with van der Waals surface area (Å²) in [6.07, 6.45) is 0.725. The first-order chi connectivity index (χ1) is 12.8. The summed E-state index contributed by atoms with van der Waals surface area (Å²) in [7, 11) is 0. The van der Waals surface area contributed by atoms with Gasteiger partial charge in [0.1, 0.15) is 5.75 Å². The molecule has 0 aliphatic carbocycles. The van der Waals surface area contributed by atoms with Crippen LogP contribution in [-0.2, 0) is 6.42 Å². The normalized spacial score (nSPS) is 11.4. The zero-order valence-electron chi connectivity index (χ0n) is 14.3. The van der Waals surface area contributed by atoms with Crippen molar-refractivity contribution < 1.29 is 5.11 Å². The standard InChI is InChI=1S/C25H18O/c26-25-15-14-22-21-11-10-18-8-4-5-9-19(18)20(21)12-13-23(22)24(25)16-17-6-2-1-3-7-17/h1-15,26H,16H2. The van der Waals surface area contributed by atoms with Crippen molar-refractivity contribution in [1.29, 1.82) is 0 Å². The molecular formula is C25H18O. The Morgan fingerprint density at radius 1 is 0.500 bits per heavy atom. The number of phenols is 1. The van der Waals surface area contributed by atoms with Gasteiger partial charge in [0.2, 0.25) is 0 Å². The number of aromatic hydroxyl groups is 1. The molecule has 0 heterocycles. The zero-order chi connectivity index (χ0) is 17.5. The van der Waals surface area contributed by atoms with E-state index in [2.05, 4.69) is 60.7 Å². The third-order valence-corrected chi connectivity index (χ3v) is 5.23. The average molecular weight is 334 g/mol. The molecule has 0 unspecified atom stereocenters. The monoisotopic (exact) mass is 334 g/mol. The number of fused-ring (bicyclic) bond motifs is 5. The Kier molecular flexibility index (Phi) is 3.39. The summed E-state index contributed by atoms with van der Waals surface area (Å²) in [5, 5.41) is 17.8. The van der Waals surface area contributed by atoms with Gasteiger partial charge in [-0.1, -0.05) is 84.9 Å². The largest absolute Gasteiger partial charge is 0.508 e. The number of rotatable bonds is 2. The summed E-state index contributed by atoms with van der Waals surface area (Å²) in [5.41, 5.74) is 2.19. The minimum absolute atomic E-state index is 0.362. The van der Waals surface area contributed by atoms with Crippen LogP contribution >= 0.6 is 0 Å². The van der Waals surface area contributed by atoms with E-state index in [-0.39, 0.29) is 0 Å². The smallest absolute Gasteiger partial charge is 0.119 e. The van der Waals surface area contributed by atoms with Crippen molar-refractivity contribution in [2.75, 3.05) is 0 Å². The van der Waals surface area contributed by atoms with Gasteiger partial charge >= 0.3 is 0 Å². The zero-order valence-corrected chi connectivity index (χ0v) is 14.3. The molecule has 5 aromatic rings. The van der Waals surface area contributed by atoms with Crippen LogP contribution in [0.1, 0.15) is 11.1 Å². The molecule has 0 saturated heterocycles. The van der Waals surface area contributed by atoms with Gasteiger partial charge in [-0.15, -0.1) is 0 Å². The summed E-state index contributed by atoms with van der Waals surface area (Å²) in [6, 6.07) is 31.4. The molecule has 0 aromatic heterocycles. The van der Waals surface area contributed by atoms with Crippen molar-refractivity contribution in [1.82, 2.24) is 0 Å². The Morgan fingerprint density at radius 2 is 1.12 bits per heavy atom. The Balaban J connectivity index is 1.80. The fraction of sp³-hybridized carbons (Fsp3) is 0.0400. The van der Waals surface area contributed by atoms with Crippen molar-refractivity contribution in [3.63, 3.8) is 0 Å². The highest BCUT2D eigenvalue weighted by atomic mass is 16.3. The lowest BCUT2D eigenvalue weighted by Crippen LogP contribution is -1.92. The first-order valence-electron chi connectivity index (χ1n) is 8.90. The lowest BCUT2D eigenvalue weighted by molar-refractivity contribution is 0.470. The van der Waals surface area contributed by atoms with Crippen molar-refractivity contribution >= 4 is 32.3 Å². The van der Waals surface area contributed by atoms with E-state index in [4.69, 9.17) is 0 Å². The van der Waals surface area contributed by atoms with Gasteiger partial charge in [0.25, 0.3) is 0 Å². The Morgan fingerprint density at radius 3 is 2.00 bits per heavy atom. The van der Waals surface area contributed by atoms with Gasteiger partial charge in [0, 0.05) is 12.0 Å². The Bertz CT molecular complexity index is 1250. The van der Waals surface area contributed by atoms with Crippen molar-refractivity contribution in [3.8, 4) is 5.75 Å². The lowest BCUT2D eigenvalue weighted by Gasteiger charge is -2.13. The summed E-state index contributed by atoms with van der Waals surface area (Å²) in [5.74, 6) is 0.362. The van der Waals surface area contributed by atoms with Gasteiger partial charge in [-0.3, -0.25) is 0 Å². The number of phenolic OH excluding ortho intramolecular Hbond substituents is 1. The minimum Gasteiger partial charge on any atom is -0.508 e. The van der Waals surface area contributed by atoms with Crippen LogP contribution in [-0.4, -0.2) is 5.11 Å². The van der Waals surface area contributed by atoms with Crippen LogP contribution in [0.4, 0.5) is 0 Å². The fourth-order valence-electron chi connectivity index (χ4n) is 3.94. The third kappa shape index (κ3) is 2.33. The van der Waals surface area contributed by atoms with Crippen LogP contribution < -0.4 is 0 Å². The van der Waals surface area contributed by atoms with E-state index in [1.807, 2.05) is 30.3 Å². The van der Waals surface area contributed by atoms with Crippen LogP contribution in [0.5, 0.6) is 5.75 Å². The first-order valence-corrected chi connectivity index (χ1v) is 8.90. The predicted molar refractivity (Wildman–Crippen MR) is 110 cm³/mol. The number of hydrogen-bond acceptors (Lipinski definition) is 1. The van der Waals surface area contributed by atoms with E-state index >= 15 is 0 Å². The van der Waals surface area contributed by atoms with Gasteiger partial charge in [-0.05, 0) is 43.9 Å². The summed E-state index contributed by atoms with van der Waals surface area (Å²) in [6.45, 7) is 0. The molecule has 5 aromatic carbocycles. The first kappa shape index (κ1) is 15.0. The van der Waals surface area contributed by atoms with Gasteiger partial charge in [-0.2, -0.15) is 0 Å². The quantitative estimate of drug-likeness (QED) is 0.368. The van der Waals surface area contributed by atoms with Gasteiger partial charge in [0.05, 0.1) is 0 Å². The molecule has 1 N–H and O–H groups in total. The average Bonchev–Trinajstić information content (AvgIpc) is 2.70. The molecule has 5 rings (SSSR count). The highest BCUT2D eigenvalue weighted by Gasteiger charge is 2.11. The van der Waals surface area contributed by atoms with E-state index in [0.29, 0.717) is 5.75 Å². The Labute approximate surface area is 152 Å². The highest BCUT2D eigenvalue weighted by molar-refractivity contribution is 6.17. The molecule has 1 nitrogen and oxygen atoms in total. The van der Waals surface area contributed by atoms with Crippen LogP contribution in [0.3, 0.4) is 0 Å². The summed E-state index contributed by atoms with van der Waals surface area (Å²) in [4.78, 5) is 0. The third-order valence-electron chi connectivity index (χ3n) is 5.23. The van der Waals surface area contributed by atoms with E-state index in [1.54, 1.807) is 0 Å². The molecule has 1 heteroatoms. The molecule has 0 fully saturated rings. The summed E-state index contributed by atoms with van der Waals surface area (Å²) < 4.78 is 0. The molecule has 0 saturated carbocycles. The van der Waals surface area contributed by atoms with Crippen molar-refractivity contribution in [2.45, 2.75) is 6.42 Å². The maximum Gasteiger partial charge on any atom is 0.119 e. The molecule has 0 radical (unpaired) electrons. The molecule has 0 atom stereocenters. The van der Waals surface area contributed by atoms with Crippen LogP contribution in [0.25, 0.3) is 32.3 Å². The van der Waals surface area contributed by atoms with Crippen molar-refractivity contribution in [3.05, 3.63) is 102 Å². The maximum absolute atomic E-state index is 10.5. The minimum atomic E-state index is 0.362. The SMILES string of the molecule is Oc1ccc2c(ccc3c4ccccc4ccc23)c1Cc1ccccc1. The second kappa shape index (κ2) is 5.89. The van der Waals surface area contributed by atoms with Crippen LogP contribution in [0, 0.1) is 0 Å². The predicted octanol–water partition coefficient (Wildman–Crippen LogP) is 6.44. The highest BCUT2D eigenvalue weighted by Crippen LogP contribution is 2.36.